The molecule has 17 heavy (non-hydrogen) atoms. The van der Waals surface area contributed by atoms with Gasteiger partial charge in [-0.05, 0) is 31.2 Å². The standard InChI is InChI=1S/C11H9ClN4O/c1-7-3-2-4-8(13-7)11(17)14-10-6-5-9(12)15-16-10/h2-6H,1H3,(H,14,16,17). The highest BCUT2D eigenvalue weighted by molar-refractivity contribution is 6.29. The van der Waals surface area contributed by atoms with E-state index in [-0.39, 0.29) is 11.1 Å². The number of carbonyl (C=O) groups excluding carboxylic acids is 1. The van der Waals surface area contributed by atoms with Gasteiger partial charge in [-0.1, -0.05) is 17.7 Å². The van der Waals surface area contributed by atoms with Crippen LogP contribution >= 0.6 is 11.6 Å². The van der Waals surface area contributed by atoms with Gasteiger partial charge in [-0.25, -0.2) is 4.98 Å². The average molecular weight is 249 g/mol. The van der Waals surface area contributed by atoms with Gasteiger partial charge < -0.3 is 5.32 Å². The molecular formula is C11H9ClN4O. The minimum atomic E-state index is -0.328. The smallest absolute Gasteiger partial charge is 0.275 e. The zero-order chi connectivity index (χ0) is 12.3. The number of anilines is 1. The molecule has 0 aromatic carbocycles. The SMILES string of the molecule is Cc1cccc(C(=O)Nc2ccc(Cl)nn2)n1. The number of rotatable bonds is 2. The molecule has 0 aliphatic rings. The van der Waals surface area contributed by atoms with Crippen molar-refractivity contribution >= 4 is 23.3 Å². The van der Waals surface area contributed by atoms with Gasteiger partial charge in [-0.15, -0.1) is 10.2 Å². The lowest BCUT2D eigenvalue weighted by atomic mass is 10.3. The van der Waals surface area contributed by atoms with Crippen LogP contribution in [0.4, 0.5) is 5.82 Å². The number of carbonyl (C=O) groups is 1. The number of hydrogen-bond acceptors (Lipinski definition) is 4. The first kappa shape index (κ1) is 11.5. The van der Waals surface area contributed by atoms with Crippen LogP contribution in [-0.4, -0.2) is 21.1 Å². The van der Waals surface area contributed by atoms with Gasteiger partial charge in [0.2, 0.25) is 0 Å². The van der Waals surface area contributed by atoms with Crippen molar-refractivity contribution in [3.63, 3.8) is 0 Å². The molecule has 0 saturated heterocycles. The summed E-state index contributed by atoms with van der Waals surface area (Å²) in [7, 11) is 0. The Morgan fingerprint density at radius 2 is 2.06 bits per heavy atom. The van der Waals surface area contributed by atoms with Crippen LogP contribution in [0.3, 0.4) is 0 Å². The molecule has 0 spiro atoms. The quantitative estimate of drug-likeness (QED) is 0.884. The van der Waals surface area contributed by atoms with Crippen molar-refractivity contribution in [2.45, 2.75) is 6.92 Å². The second kappa shape index (κ2) is 4.88. The van der Waals surface area contributed by atoms with Gasteiger partial charge in [0.1, 0.15) is 5.69 Å². The van der Waals surface area contributed by atoms with Crippen molar-refractivity contribution in [3.05, 3.63) is 46.9 Å². The summed E-state index contributed by atoms with van der Waals surface area (Å²) in [5.74, 6) is 0.00743. The number of hydrogen-bond donors (Lipinski definition) is 1. The minimum absolute atomic E-state index is 0.275. The van der Waals surface area contributed by atoms with Crippen LogP contribution in [0.2, 0.25) is 5.15 Å². The van der Waals surface area contributed by atoms with Crippen molar-refractivity contribution < 1.29 is 4.79 Å². The Bertz CT molecular complexity index is 541. The van der Waals surface area contributed by atoms with Gasteiger partial charge in [0, 0.05) is 5.69 Å². The third kappa shape index (κ3) is 2.98. The summed E-state index contributed by atoms with van der Waals surface area (Å²) in [5, 5.41) is 10.2. The molecule has 1 N–H and O–H groups in total. The molecular weight excluding hydrogens is 240 g/mol. The molecule has 2 aromatic heterocycles. The van der Waals surface area contributed by atoms with Crippen LogP contribution < -0.4 is 5.32 Å². The third-order valence-corrected chi connectivity index (χ3v) is 2.20. The summed E-state index contributed by atoms with van der Waals surface area (Å²) < 4.78 is 0. The molecule has 6 heteroatoms. The summed E-state index contributed by atoms with van der Waals surface area (Å²) in [6, 6.07) is 8.34. The van der Waals surface area contributed by atoms with E-state index in [1.54, 1.807) is 24.3 Å². The van der Waals surface area contributed by atoms with Gasteiger partial charge in [0.25, 0.3) is 5.91 Å². The van der Waals surface area contributed by atoms with Crippen LogP contribution in [0.5, 0.6) is 0 Å². The molecule has 2 aromatic rings. The Labute approximate surface area is 103 Å². The molecule has 0 aliphatic carbocycles. The topological polar surface area (TPSA) is 67.8 Å². The first-order chi connectivity index (χ1) is 8.15. The Hall–Kier alpha value is -2.01. The number of nitrogens with one attached hydrogen (secondary N) is 1. The van der Waals surface area contributed by atoms with Crippen LogP contribution in [0, 0.1) is 6.92 Å². The normalized spacial score (nSPS) is 10.0. The molecule has 86 valence electrons. The minimum Gasteiger partial charge on any atom is -0.304 e. The number of halogens is 1. The summed E-state index contributed by atoms with van der Waals surface area (Å²) in [5.41, 5.74) is 1.11. The van der Waals surface area contributed by atoms with Crippen LogP contribution in [0.25, 0.3) is 0 Å². The highest BCUT2D eigenvalue weighted by Crippen LogP contribution is 2.07. The lowest BCUT2D eigenvalue weighted by Gasteiger charge is -2.03. The molecule has 0 fully saturated rings. The zero-order valence-corrected chi connectivity index (χ0v) is 9.77. The van der Waals surface area contributed by atoms with E-state index in [2.05, 4.69) is 20.5 Å². The fourth-order valence-corrected chi connectivity index (χ4v) is 1.33. The molecule has 1 amide bonds. The van der Waals surface area contributed by atoms with E-state index < -0.39 is 0 Å². The maximum absolute atomic E-state index is 11.8. The maximum atomic E-state index is 11.8. The Morgan fingerprint density at radius 3 is 2.71 bits per heavy atom. The van der Waals surface area contributed by atoms with Gasteiger partial charge in [-0.2, -0.15) is 0 Å². The highest BCUT2D eigenvalue weighted by Gasteiger charge is 2.08. The average Bonchev–Trinajstić information content (AvgIpc) is 2.32. The molecule has 0 aliphatic heterocycles. The van der Waals surface area contributed by atoms with Crippen molar-refractivity contribution in [1.29, 1.82) is 0 Å². The van der Waals surface area contributed by atoms with E-state index in [1.807, 2.05) is 13.0 Å². The van der Waals surface area contributed by atoms with Crippen molar-refractivity contribution in [3.8, 4) is 0 Å². The number of nitrogens with zero attached hydrogens (tertiary/aromatic N) is 3. The van der Waals surface area contributed by atoms with E-state index in [4.69, 9.17) is 11.6 Å². The van der Waals surface area contributed by atoms with E-state index in [9.17, 15) is 4.79 Å². The lowest BCUT2D eigenvalue weighted by molar-refractivity contribution is 0.102. The first-order valence-corrected chi connectivity index (χ1v) is 5.27. The summed E-state index contributed by atoms with van der Waals surface area (Å²) >= 11 is 5.59. The largest absolute Gasteiger partial charge is 0.304 e. The van der Waals surface area contributed by atoms with Crippen molar-refractivity contribution in [2.24, 2.45) is 0 Å². The third-order valence-electron chi connectivity index (χ3n) is 1.99. The molecule has 0 saturated carbocycles. The van der Waals surface area contributed by atoms with Crippen molar-refractivity contribution in [2.75, 3.05) is 5.32 Å². The fourth-order valence-electron chi connectivity index (χ4n) is 1.23. The molecule has 5 nitrogen and oxygen atoms in total. The van der Waals surface area contributed by atoms with E-state index in [0.717, 1.165) is 5.69 Å². The number of amides is 1. The van der Waals surface area contributed by atoms with Crippen molar-refractivity contribution in [1.82, 2.24) is 15.2 Å². The number of pyridine rings is 1. The Balaban J connectivity index is 2.14. The highest BCUT2D eigenvalue weighted by atomic mass is 35.5. The Morgan fingerprint density at radius 1 is 1.24 bits per heavy atom. The summed E-state index contributed by atoms with van der Waals surface area (Å²) in [4.78, 5) is 15.9. The second-order valence-corrected chi connectivity index (χ2v) is 3.75. The van der Waals surface area contributed by atoms with Crippen LogP contribution in [0.15, 0.2) is 30.3 Å². The molecule has 0 radical (unpaired) electrons. The number of aryl methyl sites for hydroxylation is 1. The summed E-state index contributed by atoms with van der Waals surface area (Å²) in [6.07, 6.45) is 0. The maximum Gasteiger partial charge on any atom is 0.275 e. The predicted octanol–water partition coefficient (Wildman–Crippen LogP) is 2.09. The lowest BCUT2D eigenvalue weighted by Crippen LogP contribution is -2.15. The zero-order valence-electron chi connectivity index (χ0n) is 9.01. The summed E-state index contributed by atoms with van der Waals surface area (Å²) in [6.45, 7) is 1.82. The Kier molecular flexibility index (Phi) is 3.30. The molecule has 0 atom stereocenters. The molecule has 0 unspecified atom stereocenters. The molecule has 2 heterocycles. The van der Waals surface area contributed by atoms with Gasteiger partial charge in [0.05, 0.1) is 0 Å². The number of aromatic nitrogens is 3. The van der Waals surface area contributed by atoms with Crippen LogP contribution in [0.1, 0.15) is 16.2 Å². The monoisotopic (exact) mass is 248 g/mol. The van der Waals surface area contributed by atoms with E-state index in [1.165, 1.54) is 0 Å². The van der Waals surface area contributed by atoms with Gasteiger partial charge in [0.15, 0.2) is 11.0 Å². The van der Waals surface area contributed by atoms with Gasteiger partial charge in [-0.3, -0.25) is 4.79 Å². The molecule has 2 rings (SSSR count). The van der Waals surface area contributed by atoms with Crippen LogP contribution in [-0.2, 0) is 0 Å². The van der Waals surface area contributed by atoms with Gasteiger partial charge >= 0.3 is 0 Å². The predicted molar refractivity (Wildman–Crippen MR) is 64.0 cm³/mol. The second-order valence-electron chi connectivity index (χ2n) is 3.36. The fraction of sp³-hybridized carbons (Fsp3) is 0.0909. The molecule has 0 bridgehead atoms. The first-order valence-electron chi connectivity index (χ1n) is 4.89. The van der Waals surface area contributed by atoms with E-state index >= 15 is 0 Å². The van der Waals surface area contributed by atoms with E-state index in [0.29, 0.717) is 11.5 Å².